The van der Waals surface area contributed by atoms with Gasteiger partial charge in [0.05, 0.1) is 30.2 Å². The number of quaternary nitrogens is 1. The van der Waals surface area contributed by atoms with Crippen molar-refractivity contribution < 1.29 is 4.48 Å². The van der Waals surface area contributed by atoms with Crippen LogP contribution in [0.15, 0.2) is 0 Å². The summed E-state index contributed by atoms with van der Waals surface area (Å²) < 4.78 is 2.26. The average molecular weight is 298 g/mol. The van der Waals surface area contributed by atoms with Gasteiger partial charge < -0.3 is 4.48 Å². The van der Waals surface area contributed by atoms with E-state index in [-0.39, 0.29) is 16.6 Å². The van der Waals surface area contributed by atoms with E-state index < -0.39 is 0 Å². The van der Waals surface area contributed by atoms with E-state index in [4.69, 9.17) is 23.6 Å². The maximum atomic E-state index is 5.92. The van der Waals surface area contributed by atoms with Gasteiger partial charge in [-0.05, 0) is 78.9 Å². The first kappa shape index (κ1) is 18.5. The minimum Gasteiger partial charge on any atom is -0.318 e. The van der Waals surface area contributed by atoms with Crippen molar-refractivity contribution >= 4 is 23.6 Å². The molecular weight excluding hydrogens is 267 g/mol. The van der Waals surface area contributed by atoms with Gasteiger partial charge in [-0.1, -0.05) is 0 Å². The van der Waals surface area contributed by atoms with Gasteiger partial charge in [0.2, 0.25) is 0 Å². The molecule has 110 valence electrons. The molecule has 0 unspecified atom stereocenters. The number of hydrogen-bond donors (Lipinski definition) is 0. The van der Waals surface area contributed by atoms with Gasteiger partial charge in [-0.25, -0.2) is 0 Å². The van der Waals surface area contributed by atoms with E-state index >= 15 is 0 Å². The van der Waals surface area contributed by atoms with Crippen LogP contribution in [0.4, 0.5) is 0 Å². The fourth-order valence-corrected chi connectivity index (χ4v) is 2.43. The molecule has 0 atom stereocenters. The van der Waals surface area contributed by atoms with Crippen LogP contribution in [0.1, 0.15) is 61.8 Å². The summed E-state index contributed by atoms with van der Waals surface area (Å²) in [6.45, 7) is 19.0. The highest BCUT2D eigenvalue weighted by molar-refractivity contribution is 6.34. The van der Waals surface area contributed by atoms with Crippen molar-refractivity contribution in [1.82, 2.24) is 3.94 Å². The van der Waals surface area contributed by atoms with E-state index in [9.17, 15) is 0 Å². The minimum absolute atomic E-state index is 0.178. The lowest BCUT2D eigenvalue weighted by atomic mass is 9.89. The maximum absolute atomic E-state index is 5.92. The summed E-state index contributed by atoms with van der Waals surface area (Å²) >= 11 is 11.8. The number of hydrogen-bond acceptors (Lipinski definition) is 1. The van der Waals surface area contributed by atoms with Gasteiger partial charge in [-0.2, -0.15) is 0 Å². The van der Waals surface area contributed by atoms with Gasteiger partial charge in [0.25, 0.3) is 0 Å². The summed E-state index contributed by atoms with van der Waals surface area (Å²) in [4.78, 5) is 0. The molecule has 0 amide bonds. The highest BCUT2D eigenvalue weighted by atomic mass is 35.5. The Morgan fingerprint density at radius 2 is 1.17 bits per heavy atom. The summed E-state index contributed by atoms with van der Waals surface area (Å²) in [6, 6.07) is 0. The summed E-state index contributed by atoms with van der Waals surface area (Å²) in [5.74, 6) is 0. The molecule has 0 saturated carbocycles. The third kappa shape index (κ3) is 4.00. The molecule has 0 aromatic heterocycles. The van der Waals surface area contributed by atoms with E-state index in [0.29, 0.717) is 0 Å². The molecule has 0 spiro atoms. The monoisotopic (exact) mass is 297 g/mol. The van der Waals surface area contributed by atoms with Crippen LogP contribution in [-0.2, 0) is 0 Å². The fourth-order valence-electron chi connectivity index (χ4n) is 2.26. The van der Waals surface area contributed by atoms with Crippen molar-refractivity contribution in [2.24, 2.45) is 0 Å². The maximum Gasteiger partial charge on any atom is 0.0909 e. The Hall–Kier alpha value is 0.500. The van der Waals surface area contributed by atoms with Crippen molar-refractivity contribution in [3.05, 3.63) is 0 Å². The molecule has 0 heterocycles. The zero-order valence-corrected chi connectivity index (χ0v) is 15.1. The summed E-state index contributed by atoms with van der Waals surface area (Å²) in [5, 5.41) is 0. The summed E-state index contributed by atoms with van der Waals surface area (Å²) in [5.41, 5.74) is 0.148. The molecule has 2 nitrogen and oxygen atoms in total. The second kappa shape index (κ2) is 5.47. The van der Waals surface area contributed by atoms with E-state index in [1.54, 1.807) is 0 Å². The standard InChI is InChI=1S/C14H31Cl2N2/c1-12(2,3)18(9,13(4,5)6)11-10-14(7,8)17(15)16/h10-11H2,1-9H3/q+1. The summed E-state index contributed by atoms with van der Waals surface area (Å²) in [6.07, 6.45) is 0.949. The van der Waals surface area contributed by atoms with Crippen molar-refractivity contribution in [2.45, 2.75) is 78.4 Å². The van der Waals surface area contributed by atoms with Gasteiger partial charge in [0.1, 0.15) is 0 Å². The highest BCUT2D eigenvalue weighted by Gasteiger charge is 2.46. The normalized spacial score (nSPS) is 15.3. The topological polar surface area (TPSA) is 3.24 Å². The first-order valence-corrected chi connectivity index (χ1v) is 7.30. The van der Waals surface area contributed by atoms with Crippen LogP contribution in [0, 0.1) is 0 Å². The Balaban J connectivity index is 5.09. The third-order valence-electron chi connectivity index (χ3n) is 4.59. The van der Waals surface area contributed by atoms with E-state index in [1.807, 2.05) is 0 Å². The molecule has 0 aliphatic heterocycles. The van der Waals surface area contributed by atoms with Gasteiger partial charge in [-0.3, -0.25) is 0 Å². The molecule has 0 bridgehead atoms. The second-order valence-electron chi connectivity index (χ2n) is 8.05. The largest absolute Gasteiger partial charge is 0.318 e. The molecule has 0 aromatic carbocycles. The Labute approximate surface area is 124 Å². The van der Waals surface area contributed by atoms with Gasteiger partial charge in [-0.15, -0.1) is 3.94 Å². The lowest BCUT2D eigenvalue weighted by Crippen LogP contribution is -2.67. The van der Waals surface area contributed by atoms with Crippen LogP contribution in [-0.4, -0.2) is 38.6 Å². The van der Waals surface area contributed by atoms with Gasteiger partial charge in [0, 0.05) is 6.42 Å². The second-order valence-corrected chi connectivity index (χ2v) is 8.90. The summed E-state index contributed by atoms with van der Waals surface area (Å²) in [7, 11) is 2.32. The number of nitrogens with zero attached hydrogens (tertiary/aromatic N) is 2. The molecule has 0 aliphatic rings. The predicted octanol–water partition coefficient (Wildman–Crippen LogP) is 4.81. The van der Waals surface area contributed by atoms with Crippen LogP contribution in [0.2, 0.25) is 0 Å². The van der Waals surface area contributed by atoms with Crippen molar-refractivity contribution in [2.75, 3.05) is 13.6 Å². The Morgan fingerprint density at radius 1 is 0.833 bits per heavy atom. The predicted molar refractivity (Wildman–Crippen MR) is 82.8 cm³/mol. The zero-order valence-electron chi connectivity index (χ0n) is 13.6. The Kier molecular flexibility index (Phi) is 5.63. The average Bonchev–Trinajstić information content (AvgIpc) is 2.10. The van der Waals surface area contributed by atoms with Crippen LogP contribution in [0.25, 0.3) is 0 Å². The van der Waals surface area contributed by atoms with E-state index in [1.165, 1.54) is 3.94 Å². The fraction of sp³-hybridized carbons (Fsp3) is 1.00. The first-order chi connectivity index (χ1) is 7.65. The molecule has 0 saturated heterocycles. The zero-order chi connectivity index (χ0) is 15.0. The molecule has 4 heteroatoms. The van der Waals surface area contributed by atoms with Gasteiger partial charge in [0.15, 0.2) is 0 Å². The van der Waals surface area contributed by atoms with E-state index in [2.05, 4.69) is 62.4 Å². The molecule has 0 N–H and O–H groups in total. The highest BCUT2D eigenvalue weighted by Crippen LogP contribution is 2.35. The molecule has 0 radical (unpaired) electrons. The number of rotatable bonds is 4. The SMILES string of the molecule is CC(C)(CC[N+](C)(C(C)(C)C)C(C)(C)C)N(Cl)Cl. The molecule has 0 aromatic rings. The lowest BCUT2D eigenvalue weighted by molar-refractivity contribution is -0.994. The van der Waals surface area contributed by atoms with Crippen LogP contribution in [0.5, 0.6) is 0 Å². The van der Waals surface area contributed by atoms with Crippen LogP contribution < -0.4 is 0 Å². The Bertz CT molecular complexity index is 258. The smallest absolute Gasteiger partial charge is 0.0909 e. The molecule has 18 heavy (non-hydrogen) atoms. The van der Waals surface area contributed by atoms with Crippen molar-refractivity contribution in [1.29, 1.82) is 0 Å². The molecule has 0 fully saturated rings. The van der Waals surface area contributed by atoms with Crippen molar-refractivity contribution in [3.63, 3.8) is 0 Å². The van der Waals surface area contributed by atoms with Crippen LogP contribution in [0.3, 0.4) is 0 Å². The van der Waals surface area contributed by atoms with E-state index in [0.717, 1.165) is 17.4 Å². The molecule has 0 aliphatic carbocycles. The minimum atomic E-state index is -0.209. The quantitative estimate of drug-likeness (QED) is 0.532. The van der Waals surface area contributed by atoms with Crippen LogP contribution >= 0.6 is 23.6 Å². The first-order valence-electron chi connectivity index (χ1n) is 6.63. The van der Waals surface area contributed by atoms with Crippen molar-refractivity contribution in [3.8, 4) is 0 Å². The number of halogens is 2. The Morgan fingerprint density at radius 3 is 1.39 bits per heavy atom. The van der Waals surface area contributed by atoms with Gasteiger partial charge >= 0.3 is 0 Å². The third-order valence-corrected chi connectivity index (χ3v) is 5.50. The molecular formula is C14H31Cl2N2+. The molecule has 0 rings (SSSR count). The lowest BCUT2D eigenvalue weighted by Gasteiger charge is -2.55.